The standard InChI is InChI=1S/C18H24N2O6/c1-17(2,3)25-15(21)23-13-8-11-12(20(7)10-19-11)9-14(13)24-16(22)26-18(4,5)6/h8-10H,1-7H3. The van der Waals surface area contributed by atoms with Crippen LogP contribution >= 0.6 is 0 Å². The Morgan fingerprint density at radius 2 is 1.35 bits per heavy atom. The number of benzene rings is 1. The topological polar surface area (TPSA) is 88.9 Å². The highest BCUT2D eigenvalue weighted by Gasteiger charge is 2.24. The number of fused-ring (bicyclic) bond motifs is 1. The van der Waals surface area contributed by atoms with Gasteiger partial charge < -0.3 is 23.5 Å². The SMILES string of the molecule is Cn1cnc2cc(OC(=O)OC(C)(C)C)c(OC(=O)OC(C)(C)C)cc21. The Bertz CT molecular complexity index is 827. The van der Waals surface area contributed by atoms with Crippen LogP contribution in [0.5, 0.6) is 11.5 Å². The lowest BCUT2D eigenvalue weighted by atomic mass is 10.2. The Labute approximate surface area is 152 Å². The van der Waals surface area contributed by atoms with Crippen molar-refractivity contribution in [1.29, 1.82) is 0 Å². The van der Waals surface area contributed by atoms with Crippen molar-refractivity contribution in [3.63, 3.8) is 0 Å². The summed E-state index contributed by atoms with van der Waals surface area (Å²) in [5.74, 6) is 0.0394. The largest absolute Gasteiger partial charge is 0.514 e. The fourth-order valence-corrected chi connectivity index (χ4v) is 2.02. The van der Waals surface area contributed by atoms with Crippen molar-refractivity contribution in [3.05, 3.63) is 18.5 Å². The number of nitrogens with zero attached hydrogens (tertiary/aromatic N) is 2. The van der Waals surface area contributed by atoms with Crippen molar-refractivity contribution in [3.8, 4) is 11.5 Å². The Morgan fingerprint density at radius 1 is 0.885 bits per heavy atom. The molecule has 142 valence electrons. The second-order valence-electron chi connectivity index (χ2n) is 7.78. The van der Waals surface area contributed by atoms with Gasteiger partial charge in [0.05, 0.1) is 17.4 Å². The number of aryl methyl sites for hydroxylation is 1. The molecule has 2 rings (SSSR count). The smallest absolute Gasteiger partial charge is 0.428 e. The zero-order valence-electron chi connectivity index (χ0n) is 16.1. The van der Waals surface area contributed by atoms with E-state index in [0.29, 0.717) is 11.0 Å². The summed E-state index contributed by atoms with van der Waals surface area (Å²) in [5, 5.41) is 0. The maximum Gasteiger partial charge on any atom is 0.514 e. The van der Waals surface area contributed by atoms with Crippen LogP contribution in [-0.4, -0.2) is 33.1 Å². The highest BCUT2D eigenvalue weighted by molar-refractivity contribution is 5.82. The molecule has 0 unspecified atom stereocenters. The zero-order valence-corrected chi connectivity index (χ0v) is 16.1. The lowest BCUT2D eigenvalue weighted by Gasteiger charge is -2.20. The van der Waals surface area contributed by atoms with Gasteiger partial charge in [0.2, 0.25) is 0 Å². The molecule has 26 heavy (non-hydrogen) atoms. The highest BCUT2D eigenvalue weighted by Crippen LogP contribution is 2.33. The number of rotatable bonds is 2. The minimum atomic E-state index is -0.915. The van der Waals surface area contributed by atoms with Gasteiger partial charge in [0.1, 0.15) is 11.2 Å². The summed E-state index contributed by atoms with van der Waals surface area (Å²) in [7, 11) is 1.79. The van der Waals surface area contributed by atoms with E-state index in [1.807, 2.05) is 0 Å². The molecule has 8 nitrogen and oxygen atoms in total. The predicted molar refractivity (Wildman–Crippen MR) is 94.4 cm³/mol. The number of aromatic nitrogens is 2. The number of hydrogen-bond donors (Lipinski definition) is 0. The van der Waals surface area contributed by atoms with E-state index in [9.17, 15) is 9.59 Å². The molecule has 0 fully saturated rings. The molecule has 0 saturated heterocycles. The third-order valence-corrected chi connectivity index (χ3v) is 2.96. The van der Waals surface area contributed by atoms with Gasteiger partial charge in [0, 0.05) is 19.2 Å². The lowest BCUT2D eigenvalue weighted by Crippen LogP contribution is -2.27. The van der Waals surface area contributed by atoms with Crippen molar-refractivity contribution in [1.82, 2.24) is 9.55 Å². The third kappa shape index (κ3) is 5.37. The van der Waals surface area contributed by atoms with Crippen molar-refractivity contribution in [2.75, 3.05) is 0 Å². The summed E-state index contributed by atoms with van der Waals surface area (Å²) >= 11 is 0. The van der Waals surface area contributed by atoms with E-state index in [-0.39, 0.29) is 11.5 Å². The molecule has 8 heteroatoms. The van der Waals surface area contributed by atoms with Crippen LogP contribution in [0.3, 0.4) is 0 Å². The van der Waals surface area contributed by atoms with Crippen molar-refractivity contribution in [2.24, 2.45) is 7.05 Å². The van der Waals surface area contributed by atoms with Crippen molar-refractivity contribution < 1.29 is 28.5 Å². The fourth-order valence-electron chi connectivity index (χ4n) is 2.02. The van der Waals surface area contributed by atoms with Gasteiger partial charge in [0.25, 0.3) is 0 Å². The minimum absolute atomic E-state index is 0.0105. The maximum absolute atomic E-state index is 12.0. The molecule has 1 aromatic heterocycles. The van der Waals surface area contributed by atoms with E-state index in [1.54, 1.807) is 65.6 Å². The molecule has 0 atom stereocenters. The first kappa shape index (κ1) is 19.6. The first-order valence-corrected chi connectivity index (χ1v) is 8.11. The summed E-state index contributed by atoms with van der Waals surface area (Å²) < 4.78 is 22.5. The van der Waals surface area contributed by atoms with E-state index in [4.69, 9.17) is 18.9 Å². The number of ether oxygens (including phenoxy) is 4. The van der Waals surface area contributed by atoms with Gasteiger partial charge >= 0.3 is 12.3 Å². The maximum atomic E-state index is 12.0. The quantitative estimate of drug-likeness (QED) is 0.583. The number of imidazole rings is 1. The molecular weight excluding hydrogens is 340 g/mol. The second kappa shape index (κ2) is 6.86. The Morgan fingerprint density at radius 3 is 1.81 bits per heavy atom. The first-order valence-electron chi connectivity index (χ1n) is 8.11. The molecule has 0 aliphatic carbocycles. The van der Waals surface area contributed by atoms with Crippen LogP contribution < -0.4 is 9.47 Å². The predicted octanol–water partition coefficient (Wildman–Crippen LogP) is 4.20. The molecule has 1 aromatic carbocycles. The number of hydrogen-bond acceptors (Lipinski definition) is 7. The van der Waals surface area contributed by atoms with Crippen molar-refractivity contribution in [2.45, 2.75) is 52.7 Å². The van der Waals surface area contributed by atoms with Crippen molar-refractivity contribution >= 4 is 23.3 Å². The van der Waals surface area contributed by atoms with Crippen LogP contribution in [0.25, 0.3) is 11.0 Å². The molecule has 1 heterocycles. The van der Waals surface area contributed by atoms with E-state index < -0.39 is 23.5 Å². The van der Waals surface area contributed by atoms with Crippen LogP contribution in [0.4, 0.5) is 9.59 Å². The fraction of sp³-hybridized carbons (Fsp3) is 0.500. The summed E-state index contributed by atoms with van der Waals surface area (Å²) in [5.41, 5.74) is -0.180. The Kier molecular flexibility index (Phi) is 5.16. The average Bonchev–Trinajstić information content (AvgIpc) is 2.75. The number of carbonyl (C=O) groups is 2. The molecule has 0 aliphatic heterocycles. The third-order valence-electron chi connectivity index (χ3n) is 2.96. The molecule has 2 aromatic rings. The monoisotopic (exact) mass is 364 g/mol. The van der Waals surface area contributed by atoms with Gasteiger partial charge in [-0.3, -0.25) is 0 Å². The second-order valence-corrected chi connectivity index (χ2v) is 7.78. The zero-order chi connectivity index (χ0) is 19.7. The van der Waals surface area contributed by atoms with Gasteiger partial charge in [0.15, 0.2) is 11.5 Å². The molecule has 0 bridgehead atoms. The van der Waals surface area contributed by atoms with Gasteiger partial charge in [-0.25, -0.2) is 14.6 Å². The van der Waals surface area contributed by atoms with E-state index in [1.165, 1.54) is 6.07 Å². The summed E-state index contributed by atoms with van der Waals surface area (Å²) in [6.45, 7) is 10.3. The summed E-state index contributed by atoms with van der Waals surface area (Å²) in [4.78, 5) is 28.2. The number of carbonyl (C=O) groups excluding carboxylic acids is 2. The average molecular weight is 364 g/mol. The van der Waals surface area contributed by atoms with Crippen LogP contribution in [0, 0.1) is 0 Å². The first-order chi connectivity index (χ1) is 11.8. The molecule has 0 amide bonds. The van der Waals surface area contributed by atoms with E-state index in [0.717, 1.165) is 0 Å². The normalized spacial score (nSPS) is 12.0. The molecule has 0 saturated carbocycles. The van der Waals surface area contributed by atoms with Crippen LogP contribution in [0.2, 0.25) is 0 Å². The molecular formula is C18H24N2O6. The molecule has 0 N–H and O–H groups in total. The molecule has 0 spiro atoms. The molecule has 0 aliphatic rings. The van der Waals surface area contributed by atoms with Gasteiger partial charge in [-0.05, 0) is 41.5 Å². The van der Waals surface area contributed by atoms with Crippen LogP contribution in [0.1, 0.15) is 41.5 Å². The Hall–Kier alpha value is -2.77. The van der Waals surface area contributed by atoms with Crippen LogP contribution in [-0.2, 0) is 16.5 Å². The van der Waals surface area contributed by atoms with Crippen LogP contribution in [0.15, 0.2) is 18.5 Å². The highest BCUT2D eigenvalue weighted by atomic mass is 16.8. The van der Waals surface area contributed by atoms with Gasteiger partial charge in [-0.15, -0.1) is 0 Å². The summed E-state index contributed by atoms with van der Waals surface area (Å²) in [6.07, 6.45) is -0.228. The van der Waals surface area contributed by atoms with Gasteiger partial charge in [-0.2, -0.15) is 0 Å². The van der Waals surface area contributed by atoms with Gasteiger partial charge in [-0.1, -0.05) is 0 Å². The Balaban J connectivity index is 2.34. The lowest BCUT2D eigenvalue weighted by molar-refractivity contribution is 0.0138. The molecule has 0 radical (unpaired) electrons. The van der Waals surface area contributed by atoms with E-state index in [2.05, 4.69) is 4.98 Å². The van der Waals surface area contributed by atoms with E-state index >= 15 is 0 Å². The summed E-state index contributed by atoms with van der Waals surface area (Å²) in [6, 6.07) is 3.05. The minimum Gasteiger partial charge on any atom is -0.428 e.